The standard InChI is InChI=1S/C24H28N6OS2/c1-15-7-8-17(11-16(15)2)20-13-21-23-26-27-24(29(23)9-10-30(21)28-20)33-14-22(31)25-18-5-4-6-19(12-18)32-3/h4-12,20-21,23,26,28H,13-14H2,1-3H3,(H,25,31). The van der Waals surface area contributed by atoms with E-state index >= 15 is 0 Å². The largest absolute Gasteiger partial charge is 0.325 e. The summed E-state index contributed by atoms with van der Waals surface area (Å²) in [4.78, 5) is 15.8. The van der Waals surface area contributed by atoms with Crippen LogP contribution in [0.5, 0.6) is 0 Å². The van der Waals surface area contributed by atoms with Crippen molar-refractivity contribution in [2.24, 2.45) is 5.10 Å². The van der Waals surface area contributed by atoms with Gasteiger partial charge < -0.3 is 15.2 Å². The van der Waals surface area contributed by atoms with Crippen molar-refractivity contribution < 1.29 is 4.79 Å². The van der Waals surface area contributed by atoms with Gasteiger partial charge in [0.05, 0.1) is 17.8 Å². The molecule has 1 saturated heterocycles. The first-order valence-corrected chi connectivity index (χ1v) is 13.2. The predicted octanol–water partition coefficient (Wildman–Crippen LogP) is 4.00. The number of hydrogen-bond acceptors (Lipinski definition) is 8. The highest BCUT2D eigenvalue weighted by atomic mass is 32.2. The number of nitrogens with zero attached hydrogens (tertiary/aromatic N) is 3. The first-order valence-electron chi connectivity index (χ1n) is 11.0. The zero-order valence-corrected chi connectivity index (χ0v) is 20.5. The number of aryl methyl sites for hydroxylation is 2. The molecule has 3 N–H and O–H groups in total. The Morgan fingerprint density at radius 3 is 2.88 bits per heavy atom. The zero-order valence-electron chi connectivity index (χ0n) is 18.9. The predicted molar refractivity (Wildman–Crippen MR) is 137 cm³/mol. The number of anilines is 1. The van der Waals surface area contributed by atoms with Crippen LogP contribution in [0.2, 0.25) is 0 Å². The summed E-state index contributed by atoms with van der Waals surface area (Å²) >= 11 is 3.10. The number of fused-ring (bicyclic) bond motifs is 3. The summed E-state index contributed by atoms with van der Waals surface area (Å²) < 4.78 is 0. The van der Waals surface area contributed by atoms with Crippen molar-refractivity contribution in [3.63, 3.8) is 0 Å². The monoisotopic (exact) mass is 480 g/mol. The normalized spacial score (nSPS) is 23.1. The van der Waals surface area contributed by atoms with Crippen LogP contribution in [0.3, 0.4) is 0 Å². The molecule has 3 unspecified atom stereocenters. The minimum absolute atomic E-state index is 0.0376. The van der Waals surface area contributed by atoms with Crippen molar-refractivity contribution >= 4 is 40.3 Å². The Balaban J connectivity index is 1.18. The summed E-state index contributed by atoms with van der Waals surface area (Å²) in [6, 6.07) is 15.1. The molecule has 3 atom stereocenters. The second kappa shape index (κ2) is 9.32. The van der Waals surface area contributed by atoms with Crippen LogP contribution in [-0.4, -0.2) is 45.2 Å². The van der Waals surface area contributed by atoms with Crippen LogP contribution < -0.4 is 16.2 Å². The Labute approximate surface area is 203 Å². The van der Waals surface area contributed by atoms with Gasteiger partial charge in [0, 0.05) is 23.0 Å². The molecule has 0 aromatic heterocycles. The number of benzene rings is 2. The lowest BCUT2D eigenvalue weighted by atomic mass is 9.97. The molecule has 1 amide bonds. The van der Waals surface area contributed by atoms with Crippen molar-refractivity contribution in [1.82, 2.24) is 20.8 Å². The highest BCUT2D eigenvalue weighted by Gasteiger charge is 2.44. The van der Waals surface area contributed by atoms with Crippen molar-refractivity contribution in [1.29, 1.82) is 0 Å². The summed E-state index contributed by atoms with van der Waals surface area (Å²) in [6.07, 6.45) is 7.14. The van der Waals surface area contributed by atoms with Gasteiger partial charge in [-0.2, -0.15) is 5.10 Å². The molecule has 3 aliphatic heterocycles. The van der Waals surface area contributed by atoms with Crippen LogP contribution in [0.25, 0.3) is 0 Å². The van der Waals surface area contributed by atoms with E-state index in [0.29, 0.717) is 5.75 Å². The Morgan fingerprint density at radius 1 is 1.18 bits per heavy atom. The molecular formula is C24H28N6OS2. The summed E-state index contributed by atoms with van der Waals surface area (Å²) in [5, 5.41) is 10.5. The molecule has 5 rings (SSSR count). The number of hydrazine groups is 1. The number of carbonyl (C=O) groups excluding carboxylic acids is 1. The lowest BCUT2D eigenvalue weighted by Crippen LogP contribution is -2.54. The van der Waals surface area contributed by atoms with Crippen molar-refractivity contribution in [2.45, 2.75) is 43.4 Å². The Kier molecular flexibility index (Phi) is 6.27. The van der Waals surface area contributed by atoms with Crippen LogP contribution in [0, 0.1) is 13.8 Å². The Morgan fingerprint density at radius 2 is 2.06 bits per heavy atom. The molecule has 9 heteroatoms. The first kappa shape index (κ1) is 22.2. The molecule has 1 fully saturated rings. The third-order valence-corrected chi connectivity index (χ3v) is 8.02. The van der Waals surface area contributed by atoms with E-state index in [9.17, 15) is 4.79 Å². The Hall–Kier alpha value is -2.62. The summed E-state index contributed by atoms with van der Waals surface area (Å²) in [5.74, 6) is 0.267. The molecule has 3 heterocycles. The van der Waals surface area contributed by atoms with Gasteiger partial charge >= 0.3 is 0 Å². The molecule has 0 aliphatic carbocycles. The fraction of sp³-hybridized carbons (Fsp3) is 0.333. The minimum Gasteiger partial charge on any atom is -0.325 e. The summed E-state index contributed by atoms with van der Waals surface area (Å²) in [7, 11) is 0. The van der Waals surface area contributed by atoms with E-state index in [1.54, 1.807) is 11.8 Å². The number of rotatable bonds is 5. The van der Waals surface area contributed by atoms with Crippen LogP contribution >= 0.6 is 23.5 Å². The van der Waals surface area contributed by atoms with E-state index < -0.39 is 0 Å². The van der Waals surface area contributed by atoms with Crippen LogP contribution in [-0.2, 0) is 4.79 Å². The average molecular weight is 481 g/mol. The fourth-order valence-corrected chi connectivity index (χ4v) is 5.61. The zero-order chi connectivity index (χ0) is 22.9. The van der Waals surface area contributed by atoms with Gasteiger partial charge in [-0.15, -0.1) is 11.8 Å². The molecule has 172 valence electrons. The van der Waals surface area contributed by atoms with Crippen LogP contribution in [0.15, 0.2) is 64.9 Å². The highest BCUT2D eigenvalue weighted by molar-refractivity contribution is 8.14. The van der Waals surface area contributed by atoms with Gasteiger partial charge in [0.25, 0.3) is 0 Å². The van der Waals surface area contributed by atoms with Gasteiger partial charge in [-0.3, -0.25) is 10.2 Å². The average Bonchev–Trinajstić information content (AvgIpc) is 3.43. The van der Waals surface area contributed by atoms with Crippen LogP contribution in [0.1, 0.15) is 29.2 Å². The van der Waals surface area contributed by atoms with Gasteiger partial charge in [0.2, 0.25) is 5.91 Å². The maximum absolute atomic E-state index is 12.5. The van der Waals surface area contributed by atoms with Gasteiger partial charge in [-0.1, -0.05) is 36.0 Å². The van der Waals surface area contributed by atoms with E-state index in [-0.39, 0.29) is 24.2 Å². The van der Waals surface area contributed by atoms with Gasteiger partial charge in [0.1, 0.15) is 6.17 Å². The quantitative estimate of drug-likeness (QED) is 0.559. The molecule has 0 saturated carbocycles. The Bertz CT molecular complexity index is 1120. The molecule has 0 spiro atoms. The van der Waals surface area contributed by atoms with E-state index in [2.05, 4.69) is 69.4 Å². The molecular weight excluding hydrogens is 452 g/mol. The number of nitrogens with one attached hydrogen (secondary N) is 3. The third-order valence-electron chi connectivity index (χ3n) is 6.32. The maximum atomic E-state index is 12.5. The lowest BCUT2D eigenvalue weighted by Gasteiger charge is -2.36. The summed E-state index contributed by atoms with van der Waals surface area (Å²) in [6.45, 7) is 4.31. The number of carbonyl (C=O) groups is 1. The van der Waals surface area contributed by atoms with E-state index in [1.807, 2.05) is 36.7 Å². The first-order chi connectivity index (χ1) is 16.0. The smallest absolute Gasteiger partial charge is 0.234 e. The summed E-state index contributed by atoms with van der Waals surface area (Å²) in [5.41, 5.74) is 11.7. The number of hydrogen-bond donors (Lipinski definition) is 3. The van der Waals surface area contributed by atoms with Gasteiger partial charge in [-0.05, 0) is 61.4 Å². The van der Waals surface area contributed by atoms with Gasteiger partial charge in [0.15, 0.2) is 5.17 Å². The fourth-order valence-electron chi connectivity index (χ4n) is 4.38. The maximum Gasteiger partial charge on any atom is 0.234 e. The minimum atomic E-state index is -0.0376. The number of hydrazone groups is 1. The van der Waals surface area contributed by atoms with E-state index in [0.717, 1.165) is 22.2 Å². The molecule has 2 aromatic carbocycles. The molecule has 33 heavy (non-hydrogen) atoms. The van der Waals surface area contributed by atoms with Crippen molar-refractivity contribution in [2.75, 3.05) is 17.3 Å². The van der Waals surface area contributed by atoms with E-state index in [4.69, 9.17) is 0 Å². The molecule has 0 radical (unpaired) electrons. The highest BCUT2D eigenvalue weighted by Crippen LogP contribution is 2.35. The molecule has 7 nitrogen and oxygen atoms in total. The SMILES string of the molecule is CSc1cccc(NC(=O)CSC2=NNC3C4CC(c5ccc(C)c(C)c5)NN4C=CN23)c1. The number of amides is 1. The second-order valence-electron chi connectivity index (χ2n) is 8.48. The van der Waals surface area contributed by atoms with Crippen LogP contribution in [0.4, 0.5) is 5.69 Å². The topological polar surface area (TPSA) is 72.0 Å². The number of amidine groups is 1. The third kappa shape index (κ3) is 4.58. The van der Waals surface area contributed by atoms with E-state index in [1.165, 1.54) is 28.5 Å². The lowest BCUT2D eigenvalue weighted by molar-refractivity contribution is -0.113. The van der Waals surface area contributed by atoms with Crippen molar-refractivity contribution in [3.8, 4) is 0 Å². The molecule has 0 bridgehead atoms. The second-order valence-corrected chi connectivity index (χ2v) is 10.3. The molecule has 2 aromatic rings. The van der Waals surface area contributed by atoms with Crippen molar-refractivity contribution in [3.05, 3.63) is 71.6 Å². The molecule has 3 aliphatic rings. The van der Waals surface area contributed by atoms with Gasteiger partial charge in [-0.25, -0.2) is 5.43 Å². The number of thioether (sulfide) groups is 2.